The molecular formula is C16H9ClFNO3. The maximum absolute atomic E-state index is 13.2. The molecule has 1 aliphatic rings. The summed E-state index contributed by atoms with van der Waals surface area (Å²) in [5.41, 5.74) is 0.430. The Hall–Kier alpha value is -2.66. The Labute approximate surface area is 130 Å². The van der Waals surface area contributed by atoms with Gasteiger partial charge in [0.1, 0.15) is 5.82 Å². The number of halogens is 2. The van der Waals surface area contributed by atoms with Gasteiger partial charge in [-0.3, -0.25) is 9.59 Å². The van der Waals surface area contributed by atoms with Crippen molar-refractivity contribution in [2.45, 2.75) is 0 Å². The lowest BCUT2D eigenvalue weighted by molar-refractivity contribution is -0.121. The van der Waals surface area contributed by atoms with Crippen LogP contribution in [0, 0.1) is 5.82 Å². The molecule has 0 bridgehead atoms. The first-order valence-corrected chi connectivity index (χ1v) is 6.71. The highest BCUT2D eigenvalue weighted by atomic mass is 35.5. The summed E-state index contributed by atoms with van der Waals surface area (Å²) in [6, 6.07) is 11.8. The molecule has 0 atom stereocenters. The number of hydrogen-bond acceptors (Lipinski definition) is 3. The van der Waals surface area contributed by atoms with Crippen LogP contribution in [0.2, 0.25) is 5.02 Å². The van der Waals surface area contributed by atoms with E-state index in [-0.39, 0.29) is 16.3 Å². The van der Waals surface area contributed by atoms with E-state index in [1.165, 1.54) is 6.07 Å². The summed E-state index contributed by atoms with van der Waals surface area (Å²) in [5, 5.41) is 9.78. The fourth-order valence-corrected chi connectivity index (χ4v) is 2.42. The molecule has 0 fully saturated rings. The van der Waals surface area contributed by atoms with Crippen molar-refractivity contribution in [3.05, 3.63) is 70.7 Å². The third kappa shape index (κ3) is 2.16. The van der Waals surface area contributed by atoms with Gasteiger partial charge in [0, 0.05) is 0 Å². The zero-order valence-electron chi connectivity index (χ0n) is 11.1. The van der Waals surface area contributed by atoms with Gasteiger partial charge in [-0.1, -0.05) is 41.9 Å². The summed E-state index contributed by atoms with van der Waals surface area (Å²) >= 11 is 5.68. The number of anilines is 1. The van der Waals surface area contributed by atoms with E-state index in [0.717, 1.165) is 17.0 Å². The minimum absolute atomic E-state index is 0.0916. The Morgan fingerprint density at radius 3 is 2.32 bits per heavy atom. The molecule has 3 rings (SSSR count). The van der Waals surface area contributed by atoms with Gasteiger partial charge in [0.25, 0.3) is 5.91 Å². The third-order valence-corrected chi connectivity index (χ3v) is 3.57. The first-order valence-electron chi connectivity index (χ1n) is 6.33. The van der Waals surface area contributed by atoms with Gasteiger partial charge in [-0.2, -0.15) is 0 Å². The van der Waals surface area contributed by atoms with Crippen LogP contribution < -0.4 is 4.90 Å². The summed E-state index contributed by atoms with van der Waals surface area (Å²) in [7, 11) is 0. The topological polar surface area (TPSA) is 57.6 Å². The molecule has 0 spiro atoms. The molecule has 2 aromatic rings. The number of carbonyl (C=O) groups excluding carboxylic acids is 2. The molecule has 0 aliphatic carbocycles. The van der Waals surface area contributed by atoms with Crippen molar-refractivity contribution in [1.29, 1.82) is 0 Å². The molecule has 1 aliphatic heterocycles. The van der Waals surface area contributed by atoms with E-state index in [1.807, 2.05) is 0 Å². The lowest BCUT2D eigenvalue weighted by Crippen LogP contribution is -2.31. The fourth-order valence-electron chi connectivity index (χ4n) is 2.24. The maximum atomic E-state index is 13.2. The van der Waals surface area contributed by atoms with E-state index in [0.29, 0.717) is 5.56 Å². The Bertz CT molecular complexity index is 817. The van der Waals surface area contributed by atoms with Crippen molar-refractivity contribution >= 4 is 34.7 Å². The molecule has 22 heavy (non-hydrogen) atoms. The van der Waals surface area contributed by atoms with E-state index in [1.54, 1.807) is 30.3 Å². The fraction of sp³-hybridized carbons (Fsp3) is 0. The SMILES string of the molecule is O=C1C(O)=C(c2ccccc2)C(=O)N1c1ccc(F)c(Cl)c1. The summed E-state index contributed by atoms with van der Waals surface area (Å²) in [6.07, 6.45) is 0. The summed E-state index contributed by atoms with van der Waals surface area (Å²) in [4.78, 5) is 25.4. The number of amides is 2. The molecule has 0 saturated carbocycles. The monoisotopic (exact) mass is 317 g/mol. The zero-order chi connectivity index (χ0) is 15.9. The van der Waals surface area contributed by atoms with Crippen LogP contribution in [0.25, 0.3) is 5.57 Å². The van der Waals surface area contributed by atoms with Crippen LogP contribution in [0.15, 0.2) is 54.3 Å². The van der Waals surface area contributed by atoms with Gasteiger partial charge in [-0.15, -0.1) is 0 Å². The highest BCUT2D eigenvalue weighted by Gasteiger charge is 2.40. The minimum atomic E-state index is -0.869. The standard InChI is InChI=1S/C16H9ClFNO3/c17-11-8-10(6-7-12(11)18)19-15(21)13(14(20)16(19)22)9-4-2-1-3-5-9/h1-8,20H. The van der Waals surface area contributed by atoms with E-state index >= 15 is 0 Å². The third-order valence-electron chi connectivity index (χ3n) is 3.28. The van der Waals surface area contributed by atoms with E-state index in [9.17, 15) is 19.1 Å². The van der Waals surface area contributed by atoms with Crippen molar-refractivity contribution < 1.29 is 19.1 Å². The Kier molecular flexibility index (Phi) is 3.42. The van der Waals surface area contributed by atoms with Gasteiger partial charge in [0.15, 0.2) is 5.76 Å². The van der Waals surface area contributed by atoms with Gasteiger partial charge in [0.05, 0.1) is 16.3 Å². The molecule has 0 saturated heterocycles. The lowest BCUT2D eigenvalue weighted by Gasteiger charge is -2.15. The first-order chi connectivity index (χ1) is 10.5. The molecule has 2 amide bonds. The number of imide groups is 1. The molecule has 1 heterocycles. The first kappa shape index (κ1) is 14.3. The number of carbonyl (C=O) groups is 2. The van der Waals surface area contributed by atoms with Gasteiger partial charge in [0.2, 0.25) is 0 Å². The number of aliphatic hydroxyl groups excluding tert-OH is 1. The second-order valence-electron chi connectivity index (χ2n) is 4.63. The average Bonchev–Trinajstić information content (AvgIpc) is 2.73. The van der Waals surface area contributed by atoms with Gasteiger partial charge in [-0.25, -0.2) is 9.29 Å². The van der Waals surface area contributed by atoms with Crippen LogP contribution in [0.5, 0.6) is 0 Å². The highest BCUT2D eigenvalue weighted by molar-refractivity contribution is 6.45. The largest absolute Gasteiger partial charge is 0.502 e. The van der Waals surface area contributed by atoms with Gasteiger partial charge < -0.3 is 5.11 Å². The number of hydrogen-bond donors (Lipinski definition) is 1. The molecule has 6 heteroatoms. The van der Waals surface area contributed by atoms with Crippen LogP contribution in [0.4, 0.5) is 10.1 Å². The second-order valence-corrected chi connectivity index (χ2v) is 5.04. The minimum Gasteiger partial charge on any atom is -0.502 e. The smallest absolute Gasteiger partial charge is 0.301 e. The zero-order valence-corrected chi connectivity index (χ0v) is 11.8. The molecular weight excluding hydrogens is 309 g/mol. The van der Waals surface area contributed by atoms with Crippen LogP contribution >= 0.6 is 11.6 Å². The van der Waals surface area contributed by atoms with Crippen LogP contribution in [-0.2, 0) is 9.59 Å². The normalized spacial score (nSPS) is 14.9. The molecule has 0 radical (unpaired) electrons. The molecule has 110 valence electrons. The van der Waals surface area contributed by atoms with E-state index < -0.39 is 23.4 Å². The Morgan fingerprint density at radius 2 is 1.68 bits per heavy atom. The van der Waals surface area contributed by atoms with Crippen LogP contribution in [-0.4, -0.2) is 16.9 Å². The maximum Gasteiger partial charge on any atom is 0.301 e. The summed E-state index contributed by atoms with van der Waals surface area (Å²) < 4.78 is 13.2. The van der Waals surface area contributed by atoms with Crippen LogP contribution in [0.3, 0.4) is 0 Å². The highest BCUT2D eigenvalue weighted by Crippen LogP contribution is 2.33. The Morgan fingerprint density at radius 1 is 1.00 bits per heavy atom. The van der Waals surface area contributed by atoms with Crippen LogP contribution in [0.1, 0.15) is 5.56 Å². The van der Waals surface area contributed by atoms with Crippen molar-refractivity contribution in [1.82, 2.24) is 0 Å². The van der Waals surface area contributed by atoms with E-state index in [2.05, 4.69) is 0 Å². The number of nitrogens with zero attached hydrogens (tertiary/aromatic N) is 1. The number of aliphatic hydroxyl groups is 1. The van der Waals surface area contributed by atoms with Crippen molar-refractivity contribution in [2.75, 3.05) is 4.90 Å². The van der Waals surface area contributed by atoms with Crippen molar-refractivity contribution in [2.24, 2.45) is 0 Å². The number of benzene rings is 2. The summed E-state index contributed by atoms with van der Waals surface area (Å²) in [5.74, 6) is -2.86. The number of rotatable bonds is 2. The predicted molar refractivity (Wildman–Crippen MR) is 79.9 cm³/mol. The Balaban J connectivity index is 2.06. The molecule has 1 N–H and O–H groups in total. The van der Waals surface area contributed by atoms with E-state index in [4.69, 9.17) is 11.6 Å². The van der Waals surface area contributed by atoms with Gasteiger partial charge in [-0.05, 0) is 23.8 Å². The molecule has 4 nitrogen and oxygen atoms in total. The predicted octanol–water partition coefficient (Wildman–Crippen LogP) is 3.32. The second kappa shape index (κ2) is 5.27. The quantitative estimate of drug-likeness (QED) is 0.864. The average molecular weight is 318 g/mol. The van der Waals surface area contributed by atoms with Gasteiger partial charge >= 0.3 is 5.91 Å². The lowest BCUT2D eigenvalue weighted by atomic mass is 10.1. The molecule has 0 aromatic heterocycles. The summed E-state index contributed by atoms with van der Waals surface area (Å²) in [6.45, 7) is 0. The van der Waals surface area contributed by atoms with Crippen molar-refractivity contribution in [3.63, 3.8) is 0 Å². The molecule has 0 unspecified atom stereocenters. The van der Waals surface area contributed by atoms with Crippen molar-refractivity contribution in [3.8, 4) is 0 Å². The molecule has 2 aromatic carbocycles.